The first kappa shape index (κ1) is 24.9. The molecule has 1 aliphatic heterocycles. The van der Waals surface area contributed by atoms with Crippen LogP contribution in [-0.2, 0) is 14.4 Å². The number of imide groups is 1. The molecule has 0 bridgehead atoms. The Morgan fingerprint density at radius 1 is 1.06 bits per heavy atom. The zero-order valence-corrected chi connectivity index (χ0v) is 21.1. The molecule has 1 aliphatic carbocycles. The van der Waals surface area contributed by atoms with Gasteiger partial charge in [-0.1, -0.05) is 44.5 Å². The van der Waals surface area contributed by atoms with Crippen LogP contribution in [0, 0.1) is 11.8 Å². The van der Waals surface area contributed by atoms with Crippen molar-refractivity contribution in [3.63, 3.8) is 0 Å². The SMILES string of the molecule is COc1ccc(NC2=C(Sc3cccc(NC(=O)C4CCCC4)c3)C(=O)N(CC(C)C)C2=O)cc1. The molecule has 8 heteroatoms. The molecule has 35 heavy (non-hydrogen) atoms. The van der Waals surface area contributed by atoms with Gasteiger partial charge in [0.15, 0.2) is 0 Å². The molecule has 4 rings (SSSR count). The highest BCUT2D eigenvalue weighted by Crippen LogP contribution is 2.37. The summed E-state index contributed by atoms with van der Waals surface area (Å²) in [7, 11) is 1.59. The van der Waals surface area contributed by atoms with Gasteiger partial charge in [-0.25, -0.2) is 0 Å². The van der Waals surface area contributed by atoms with E-state index in [2.05, 4.69) is 10.6 Å². The van der Waals surface area contributed by atoms with Gasteiger partial charge in [0.1, 0.15) is 16.4 Å². The van der Waals surface area contributed by atoms with Gasteiger partial charge in [0.25, 0.3) is 11.8 Å². The minimum absolute atomic E-state index is 0.0426. The number of thioether (sulfide) groups is 1. The Hall–Kier alpha value is -3.26. The molecule has 1 heterocycles. The second-order valence-electron chi connectivity index (χ2n) is 9.27. The predicted molar refractivity (Wildman–Crippen MR) is 138 cm³/mol. The van der Waals surface area contributed by atoms with E-state index in [0.29, 0.717) is 28.6 Å². The molecule has 1 saturated carbocycles. The molecule has 7 nitrogen and oxygen atoms in total. The van der Waals surface area contributed by atoms with Crippen molar-refractivity contribution in [3.8, 4) is 5.75 Å². The highest BCUT2D eigenvalue weighted by Gasteiger charge is 2.39. The van der Waals surface area contributed by atoms with Gasteiger partial charge in [0, 0.05) is 28.7 Å². The molecule has 2 aliphatic rings. The topological polar surface area (TPSA) is 87.7 Å². The number of anilines is 2. The first-order chi connectivity index (χ1) is 16.9. The molecule has 0 radical (unpaired) electrons. The predicted octanol–water partition coefficient (Wildman–Crippen LogP) is 5.26. The van der Waals surface area contributed by atoms with Crippen LogP contribution in [0.25, 0.3) is 0 Å². The summed E-state index contributed by atoms with van der Waals surface area (Å²) in [4.78, 5) is 41.5. The maximum absolute atomic E-state index is 13.3. The molecule has 184 valence electrons. The van der Waals surface area contributed by atoms with Crippen LogP contribution in [0.3, 0.4) is 0 Å². The lowest BCUT2D eigenvalue weighted by Gasteiger charge is -2.17. The number of rotatable bonds is 9. The van der Waals surface area contributed by atoms with Crippen LogP contribution in [0.4, 0.5) is 11.4 Å². The van der Waals surface area contributed by atoms with E-state index >= 15 is 0 Å². The van der Waals surface area contributed by atoms with Gasteiger partial charge >= 0.3 is 0 Å². The quantitative estimate of drug-likeness (QED) is 0.463. The maximum Gasteiger partial charge on any atom is 0.278 e. The first-order valence-electron chi connectivity index (χ1n) is 12.0. The summed E-state index contributed by atoms with van der Waals surface area (Å²) in [6.45, 7) is 4.28. The van der Waals surface area contributed by atoms with Gasteiger partial charge in [0.2, 0.25) is 5.91 Å². The molecule has 2 aromatic carbocycles. The van der Waals surface area contributed by atoms with Crippen molar-refractivity contribution in [2.24, 2.45) is 11.8 Å². The molecule has 2 aromatic rings. The van der Waals surface area contributed by atoms with Crippen molar-refractivity contribution in [1.82, 2.24) is 4.90 Å². The van der Waals surface area contributed by atoms with Gasteiger partial charge in [-0.3, -0.25) is 19.3 Å². The van der Waals surface area contributed by atoms with Crippen molar-refractivity contribution >= 4 is 40.9 Å². The number of ether oxygens (including phenoxy) is 1. The van der Waals surface area contributed by atoms with Crippen LogP contribution in [0.1, 0.15) is 39.5 Å². The number of nitrogens with one attached hydrogen (secondary N) is 2. The monoisotopic (exact) mass is 493 g/mol. The van der Waals surface area contributed by atoms with Gasteiger partial charge in [-0.15, -0.1) is 0 Å². The van der Waals surface area contributed by atoms with E-state index in [1.165, 1.54) is 16.7 Å². The Bertz CT molecular complexity index is 1140. The molecule has 0 saturated heterocycles. The van der Waals surface area contributed by atoms with E-state index in [1.807, 2.05) is 38.1 Å². The Balaban J connectivity index is 1.58. The summed E-state index contributed by atoms with van der Waals surface area (Å²) in [5, 5.41) is 6.16. The fourth-order valence-electron chi connectivity index (χ4n) is 4.30. The lowest BCUT2D eigenvalue weighted by Crippen LogP contribution is -2.35. The Morgan fingerprint density at radius 2 is 1.77 bits per heavy atom. The van der Waals surface area contributed by atoms with Crippen LogP contribution in [0.5, 0.6) is 5.75 Å². The molecule has 3 amide bonds. The van der Waals surface area contributed by atoms with Gasteiger partial charge in [-0.05, 0) is 61.2 Å². The Morgan fingerprint density at radius 3 is 2.43 bits per heavy atom. The van der Waals surface area contributed by atoms with Crippen molar-refractivity contribution in [3.05, 3.63) is 59.1 Å². The highest BCUT2D eigenvalue weighted by molar-refractivity contribution is 8.04. The molecule has 0 spiro atoms. The maximum atomic E-state index is 13.3. The average molecular weight is 494 g/mol. The number of hydrogen-bond acceptors (Lipinski definition) is 6. The third-order valence-corrected chi connectivity index (χ3v) is 7.15. The molecule has 0 aromatic heterocycles. The first-order valence-corrected chi connectivity index (χ1v) is 12.8. The highest BCUT2D eigenvalue weighted by atomic mass is 32.2. The summed E-state index contributed by atoms with van der Waals surface area (Å²) in [6.07, 6.45) is 4.04. The standard InChI is InChI=1S/C27H31N3O4S/c1-17(2)16-30-26(32)23(28-19-11-13-21(34-3)14-12-19)24(27(30)33)35-22-10-6-9-20(15-22)29-25(31)18-7-4-5-8-18/h6,9-15,17-18,28H,4-5,7-8,16H2,1-3H3,(H,29,31). The summed E-state index contributed by atoms with van der Waals surface area (Å²) < 4.78 is 5.21. The molecule has 0 atom stereocenters. The molecule has 1 fully saturated rings. The Labute approximate surface area is 210 Å². The molecular formula is C27H31N3O4S. The van der Waals surface area contributed by atoms with Crippen LogP contribution in [-0.4, -0.2) is 36.3 Å². The third-order valence-electron chi connectivity index (χ3n) is 6.08. The van der Waals surface area contributed by atoms with Crippen molar-refractivity contribution < 1.29 is 19.1 Å². The van der Waals surface area contributed by atoms with Gasteiger partial charge in [-0.2, -0.15) is 0 Å². The van der Waals surface area contributed by atoms with Crippen molar-refractivity contribution in [2.45, 2.75) is 44.4 Å². The van der Waals surface area contributed by atoms with Gasteiger partial charge in [0.05, 0.1) is 7.11 Å². The summed E-state index contributed by atoms with van der Waals surface area (Å²) in [5.41, 5.74) is 1.63. The summed E-state index contributed by atoms with van der Waals surface area (Å²) >= 11 is 1.23. The third kappa shape index (κ3) is 5.88. The number of hydrogen-bond donors (Lipinski definition) is 2. The van der Waals surface area contributed by atoms with Crippen LogP contribution in [0.15, 0.2) is 64.0 Å². The van der Waals surface area contributed by atoms with E-state index in [9.17, 15) is 14.4 Å². The van der Waals surface area contributed by atoms with Gasteiger partial charge < -0.3 is 15.4 Å². The number of carbonyl (C=O) groups is 3. The fourth-order valence-corrected chi connectivity index (χ4v) is 5.30. The number of carbonyl (C=O) groups excluding carboxylic acids is 3. The largest absolute Gasteiger partial charge is 0.497 e. The average Bonchev–Trinajstić information content (AvgIpc) is 3.45. The number of nitrogens with zero attached hydrogens (tertiary/aromatic N) is 1. The molecule has 0 unspecified atom stereocenters. The van der Waals surface area contributed by atoms with E-state index in [0.717, 1.165) is 30.6 Å². The summed E-state index contributed by atoms with van der Waals surface area (Å²) in [6, 6.07) is 14.6. The smallest absolute Gasteiger partial charge is 0.278 e. The van der Waals surface area contributed by atoms with Crippen molar-refractivity contribution in [1.29, 1.82) is 0 Å². The molecule has 2 N–H and O–H groups in total. The van der Waals surface area contributed by atoms with Crippen LogP contribution < -0.4 is 15.4 Å². The minimum Gasteiger partial charge on any atom is -0.497 e. The van der Waals surface area contributed by atoms with E-state index in [4.69, 9.17) is 4.74 Å². The number of benzene rings is 2. The minimum atomic E-state index is -0.340. The van der Waals surface area contributed by atoms with E-state index < -0.39 is 0 Å². The lowest BCUT2D eigenvalue weighted by molar-refractivity contribution is -0.137. The Kier molecular flexibility index (Phi) is 7.80. The van der Waals surface area contributed by atoms with E-state index in [1.54, 1.807) is 31.4 Å². The fraction of sp³-hybridized carbons (Fsp3) is 0.370. The zero-order chi connectivity index (χ0) is 24.9. The zero-order valence-electron chi connectivity index (χ0n) is 20.3. The van der Waals surface area contributed by atoms with Crippen LogP contribution >= 0.6 is 11.8 Å². The second-order valence-corrected chi connectivity index (χ2v) is 10.4. The van der Waals surface area contributed by atoms with E-state index in [-0.39, 0.29) is 35.3 Å². The lowest BCUT2D eigenvalue weighted by atomic mass is 10.1. The summed E-state index contributed by atoms with van der Waals surface area (Å²) in [5.74, 6) is 0.293. The second kappa shape index (κ2) is 11.0. The molecular weight excluding hydrogens is 462 g/mol. The van der Waals surface area contributed by atoms with Crippen LogP contribution in [0.2, 0.25) is 0 Å². The number of methoxy groups -OCH3 is 1. The number of amides is 3. The normalized spacial score (nSPS) is 16.4. The van der Waals surface area contributed by atoms with Crippen molar-refractivity contribution in [2.75, 3.05) is 24.3 Å².